The van der Waals surface area contributed by atoms with Crippen LogP contribution >= 0.6 is 0 Å². The van der Waals surface area contributed by atoms with E-state index >= 15 is 0 Å². The SMILES string of the molecule is O=S(=O)(N[C@@H](c1ccc(F)cc1)[C@@H]1CCCO1)c1ccc(OC(F)(F)F)cc1. The van der Waals surface area contributed by atoms with Crippen LogP contribution in [0.15, 0.2) is 53.4 Å². The second-order valence-electron chi connectivity index (χ2n) is 6.22. The topological polar surface area (TPSA) is 64.6 Å². The number of hydrogen-bond acceptors (Lipinski definition) is 4. The normalized spacial score (nSPS) is 18.8. The standard InChI is InChI=1S/C18H17F4NO4S/c19-13-5-3-12(4-6-13)17(16-2-1-11-26-16)23-28(24,25)15-9-7-14(8-10-15)27-18(20,21)22/h3-10,16-17,23H,1-2,11H2/t16-,17-/m0/s1. The molecule has 0 aliphatic carbocycles. The van der Waals surface area contributed by atoms with Gasteiger partial charge in [0.05, 0.1) is 17.0 Å². The van der Waals surface area contributed by atoms with Crippen molar-refractivity contribution in [3.8, 4) is 5.75 Å². The summed E-state index contributed by atoms with van der Waals surface area (Å²) in [6, 6.07) is 8.46. The quantitative estimate of drug-likeness (QED) is 0.721. The van der Waals surface area contributed by atoms with E-state index in [1.165, 1.54) is 24.3 Å². The average molecular weight is 419 g/mol. The van der Waals surface area contributed by atoms with Crippen LogP contribution in [0, 0.1) is 5.82 Å². The van der Waals surface area contributed by atoms with E-state index in [9.17, 15) is 26.0 Å². The van der Waals surface area contributed by atoms with E-state index in [1.807, 2.05) is 0 Å². The van der Waals surface area contributed by atoms with E-state index in [0.29, 0.717) is 18.6 Å². The molecule has 5 nitrogen and oxygen atoms in total. The van der Waals surface area contributed by atoms with Gasteiger partial charge in [-0.15, -0.1) is 13.2 Å². The summed E-state index contributed by atoms with van der Waals surface area (Å²) < 4.78 is 87.3. The van der Waals surface area contributed by atoms with Gasteiger partial charge in [-0.25, -0.2) is 17.5 Å². The lowest BCUT2D eigenvalue weighted by molar-refractivity contribution is -0.274. The largest absolute Gasteiger partial charge is 0.573 e. The summed E-state index contributed by atoms with van der Waals surface area (Å²) in [4.78, 5) is -0.230. The highest BCUT2D eigenvalue weighted by molar-refractivity contribution is 7.89. The summed E-state index contributed by atoms with van der Waals surface area (Å²) in [5.74, 6) is -0.987. The Bertz CT molecular complexity index is 893. The van der Waals surface area contributed by atoms with Gasteiger partial charge >= 0.3 is 6.36 Å². The first-order valence-electron chi connectivity index (χ1n) is 8.39. The van der Waals surface area contributed by atoms with Crippen molar-refractivity contribution in [2.45, 2.75) is 36.2 Å². The minimum Gasteiger partial charge on any atom is -0.406 e. The Morgan fingerprint density at radius 1 is 1.07 bits per heavy atom. The first kappa shape index (κ1) is 20.6. The molecule has 1 saturated heterocycles. The Labute approximate surface area is 159 Å². The summed E-state index contributed by atoms with van der Waals surface area (Å²) >= 11 is 0. The van der Waals surface area contributed by atoms with Crippen LogP contribution in [0.4, 0.5) is 17.6 Å². The first-order valence-corrected chi connectivity index (χ1v) is 9.87. The van der Waals surface area contributed by atoms with Crippen molar-refractivity contribution in [1.29, 1.82) is 0 Å². The number of halogens is 4. The first-order chi connectivity index (χ1) is 13.1. The van der Waals surface area contributed by atoms with Crippen molar-refractivity contribution in [2.24, 2.45) is 0 Å². The molecule has 28 heavy (non-hydrogen) atoms. The Balaban J connectivity index is 1.83. The molecule has 0 unspecified atom stereocenters. The fraction of sp³-hybridized carbons (Fsp3) is 0.333. The molecule has 10 heteroatoms. The number of ether oxygens (including phenoxy) is 2. The smallest absolute Gasteiger partial charge is 0.406 e. The van der Waals surface area contributed by atoms with Crippen molar-refractivity contribution in [3.05, 3.63) is 59.9 Å². The fourth-order valence-corrected chi connectivity index (χ4v) is 4.20. The van der Waals surface area contributed by atoms with Crippen LogP contribution in [0.1, 0.15) is 24.4 Å². The Morgan fingerprint density at radius 2 is 1.71 bits per heavy atom. The fourth-order valence-electron chi connectivity index (χ4n) is 2.95. The van der Waals surface area contributed by atoms with Crippen LogP contribution < -0.4 is 9.46 Å². The van der Waals surface area contributed by atoms with Gasteiger partial charge in [-0.3, -0.25) is 0 Å². The monoisotopic (exact) mass is 419 g/mol. The lowest BCUT2D eigenvalue weighted by atomic mass is 10.0. The molecule has 0 amide bonds. The maximum absolute atomic E-state index is 13.2. The molecule has 0 saturated carbocycles. The minimum absolute atomic E-state index is 0.230. The van der Waals surface area contributed by atoms with Gasteiger partial charge in [-0.2, -0.15) is 0 Å². The van der Waals surface area contributed by atoms with Crippen LogP contribution in [-0.4, -0.2) is 27.5 Å². The summed E-state index contributed by atoms with van der Waals surface area (Å²) in [5.41, 5.74) is 0.522. The number of alkyl halides is 3. The molecular formula is C18H17F4NO4S. The number of sulfonamides is 1. The number of rotatable bonds is 6. The van der Waals surface area contributed by atoms with Crippen molar-refractivity contribution in [3.63, 3.8) is 0 Å². The van der Waals surface area contributed by atoms with Crippen LogP contribution in [0.2, 0.25) is 0 Å². The molecule has 0 aromatic heterocycles. The highest BCUT2D eigenvalue weighted by Gasteiger charge is 2.33. The second kappa shape index (κ2) is 8.06. The molecule has 0 spiro atoms. The molecule has 3 rings (SSSR count). The van der Waals surface area contributed by atoms with E-state index in [1.54, 1.807) is 0 Å². The van der Waals surface area contributed by atoms with Gasteiger partial charge in [-0.05, 0) is 54.8 Å². The van der Waals surface area contributed by atoms with Gasteiger partial charge in [0.15, 0.2) is 0 Å². The van der Waals surface area contributed by atoms with E-state index in [-0.39, 0.29) is 4.90 Å². The van der Waals surface area contributed by atoms with Crippen LogP contribution in [0.3, 0.4) is 0 Å². The van der Waals surface area contributed by atoms with Crippen LogP contribution in [0.25, 0.3) is 0 Å². The molecule has 1 aliphatic heterocycles. The predicted octanol–water partition coefficient (Wildman–Crippen LogP) is 3.92. The van der Waals surface area contributed by atoms with E-state index in [0.717, 1.165) is 30.7 Å². The van der Waals surface area contributed by atoms with Crippen LogP contribution in [0.5, 0.6) is 5.75 Å². The van der Waals surface area contributed by atoms with Crippen molar-refractivity contribution < 1.29 is 35.5 Å². The van der Waals surface area contributed by atoms with Gasteiger partial charge in [0.2, 0.25) is 10.0 Å². The molecule has 2 atom stereocenters. The van der Waals surface area contributed by atoms with Gasteiger partial charge < -0.3 is 9.47 Å². The zero-order chi connectivity index (χ0) is 20.4. The third kappa shape index (κ3) is 5.21. The molecular weight excluding hydrogens is 402 g/mol. The third-order valence-electron chi connectivity index (χ3n) is 4.22. The molecule has 152 valence electrons. The highest BCUT2D eigenvalue weighted by atomic mass is 32.2. The lowest BCUT2D eigenvalue weighted by Crippen LogP contribution is -2.36. The number of nitrogens with one attached hydrogen (secondary N) is 1. The summed E-state index contributed by atoms with van der Waals surface area (Å²) in [7, 11) is -4.08. The minimum atomic E-state index is -4.87. The Kier molecular flexibility index (Phi) is 5.92. The van der Waals surface area contributed by atoms with Crippen molar-refractivity contribution in [1.82, 2.24) is 4.72 Å². The molecule has 2 aromatic rings. The molecule has 1 aliphatic rings. The molecule has 0 radical (unpaired) electrons. The summed E-state index contributed by atoms with van der Waals surface area (Å²) in [6.45, 7) is 0.480. The molecule has 2 aromatic carbocycles. The van der Waals surface area contributed by atoms with Crippen molar-refractivity contribution in [2.75, 3.05) is 6.61 Å². The number of benzene rings is 2. The molecule has 1 N–H and O–H groups in total. The zero-order valence-electron chi connectivity index (χ0n) is 14.4. The maximum Gasteiger partial charge on any atom is 0.573 e. The lowest BCUT2D eigenvalue weighted by Gasteiger charge is -2.24. The molecule has 1 fully saturated rings. The summed E-state index contributed by atoms with van der Waals surface area (Å²) in [5, 5.41) is 0. The van der Waals surface area contributed by atoms with Crippen LogP contribution in [-0.2, 0) is 14.8 Å². The number of hydrogen-bond donors (Lipinski definition) is 1. The highest BCUT2D eigenvalue weighted by Crippen LogP contribution is 2.30. The Morgan fingerprint density at radius 3 is 2.25 bits per heavy atom. The maximum atomic E-state index is 13.2. The predicted molar refractivity (Wildman–Crippen MR) is 91.6 cm³/mol. The van der Waals surface area contributed by atoms with Gasteiger partial charge in [-0.1, -0.05) is 12.1 Å². The molecule has 1 heterocycles. The molecule has 0 bridgehead atoms. The van der Waals surface area contributed by atoms with Gasteiger partial charge in [0, 0.05) is 6.61 Å². The van der Waals surface area contributed by atoms with Gasteiger partial charge in [0.1, 0.15) is 11.6 Å². The zero-order valence-corrected chi connectivity index (χ0v) is 15.3. The van der Waals surface area contributed by atoms with E-state index in [4.69, 9.17) is 4.74 Å². The average Bonchev–Trinajstić information content (AvgIpc) is 3.14. The van der Waals surface area contributed by atoms with Crippen molar-refractivity contribution >= 4 is 10.0 Å². The van der Waals surface area contributed by atoms with Gasteiger partial charge in [0.25, 0.3) is 0 Å². The van der Waals surface area contributed by atoms with E-state index in [2.05, 4.69) is 9.46 Å². The Hall–Kier alpha value is -2.17. The van der Waals surface area contributed by atoms with E-state index < -0.39 is 40.1 Å². The third-order valence-corrected chi connectivity index (χ3v) is 5.67. The second-order valence-corrected chi connectivity index (χ2v) is 7.94. The summed E-state index contributed by atoms with van der Waals surface area (Å²) in [6.07, 6.45) is -3.93.